The van der Waals surface area contributed by atoms with Gasteiger partial charge in [0.1, 0.15) is 0 Å². The van der Waals surface area contributed by atoms with E-state index < -0.39 is 4.92 Å². The van der Waals surface area contributed by atoms with Crippen molar-refractivity contribution in [2.75, 3.05) is 0 Å². The van der Waals surface area contributed by atoms with E-state index in [-0.39, 0.29) is 11.8 Å². The molecule has 0 radical (unpaired) electrons. The molecular weight excluding hydrogens is 256 g/mol. The third kappa shape index (κ3) is 5.17. The zero-order chi connectivity index (χ0) is 15.1. The molecule has 1 N–H and O–H groups in total. The molecule has 1 aromatic carbocycles. The first-order valence-corrected chi connectivity index (χ1v) is 7.11. The van der Waals surface area contributed by atoms with Crippen LogP contribution in [0, 0.1) is 10.1 Å². The molecule has 0 bridgehead atoms. The van der Waals surface area contributed by atoms with Gasteiger partial charge in [-0.2, -0.15) is 0 Å². The van der Waals surface area contributed by atoms with Crippen molar-refractivity contribution in [1.29, 1.82) is 0 Å². The number of nitrogens with one attached hydrogen (secondary N) is 1. The van der Waals surface area contributed by atoms with Gasteiger partial charge in [-0.05, 0) is 25.0 Å². The highest BCUT2D eigenvalue weighted by molar-refractivity contribution is 5.48. The van der Waals surface area contributed by atoms with Crippen molar-refractivity contribution in [2.24, 2.45) is 0 Å². The minimum absolute atomic E-state index is 0.0213. The largest absolute Gasteiger partial charge is 0.484 e. The maximum atomic E-state index is 11.0. The monoisotopic (exact) mass is 280 g/mol. The lowest BCUT2D eigenvalue weighted by molar-refractivity contribution is -0.386. The van der Waals surface area contributed by atoms with E-state index in [0.29, 0.717) is 18.3 Å². The van der Waals surface area contributed by atoms with Crippen LogP contribution in [-0.4, -0.2) is 17.1 Å². The molecule has 1 atom stereocenters. The number of benzene rings is 1. The van der Waals surface area contributed by atoms with Crippen LogP contribution in [0.3, 0.4) is 0 Å². The van der Waals surface area contributed by atoms with E-state index in [0.717, 1.165) is 18.4 Å². The molecule has 0 aromatic heterocycles. The third-order valence-electron chi connectivity index (χ3n) is 2.96. The van der Waals surface area contributed by atoms with E-state index in [1.165, 1.54) is 6.07 Å². The van der Waals surface area contributed by atoms with E-state index in [1.54, 1.807) is 12.1 Å². The van der Waals surface area contributed by atoms with Gasteiger partial charge in [0.2, 0.25) is 0 Å². The van der Waals surface area contributed by atoms with Crippen molar-refractivity contribution in [3.63, 3.8) is 0 Å². The van der Waals surface area contributed by atoms with Crippen LogP contribution in [0.5, 0.6) is 5.75 Å². The number of nitro groups is 1. The molecule has 5 heteroatoms. The Morgan fingerprint density at radius 3 is 2.60 bits per heavy atom. The normalized spacial score (nSPS) is 12.4. The van der Waals surface area contributed by atoms with Gasteiger partial charge in [-0.25, -0.2) is 0 Å². The second-order valence-corrected chi connectivity index (χ2v) is 5.31. The Hall–Kier alpha value is -1.62. The summed E-state index contributed by atoms with van der Waals surface area (Å²) in [5.74, 6) is 0.360. The molecule has 0 aliphatic heterocycles. The van der Waals surface area contributed by atoms with Gasteiger partial charge in [-0.1, -0.05) is 33.3 Å². The Kier molecular flexibility index (Phi) is 6.45. The zero-order valence-corrected chi connectivity index (χ0v) is 12.7. The maximum absolute atomic E-state index is 11.0. The van der Waals surface area contributed by atoms with Crippen molar-refractivity contribution >= 4 is 5.69 Å². The summed E-state index contributed by atoms with van der Waals surface area (Å²) in [4.78, 5) is 10.7. The van der Waals surface area contributed by atoms with Crippen LogP contribution in [-0.2, 0) is 6.54 Å². The summed E-state index contributed by atoms with van der Waals surface area (Å²) >= 11 is 0. The Balaban J connectivity index is 2.90. The topological polar surface area (TPSA) is 64.4 Å². The molecule has 0 saturated carbocycles. The highest BCUT2D eigenvalue weighted by atomic mass is 16.6. The molecule has 0 saturated heterocycles. The van der Waals surface area contributed by atoms with E-state index >= 15 is 0 Å². The van der Waals surface area contributed by atoms with Gasteiger partial charge in [0.25, 0.3) is 0 Å². The maximum Gasteiger partial charge on any atom is 0.310 e. The van der Waals surface area contributed by atoms with E-state index in [4.69, 9.17) is 4.74 Å². The fourth-order valence-electron chi connectivity index (χ4n) is 1.92. The second-order valence-electron chi connectivity index (χ2n) is 5.31. The van der Waals surface area contributed by atoms with E-state index in [2.05, 4.69) is 26.1 Å². The first kappa shape index (κ1) is 16.4. The number of nitrogens with zero attached hydrogens (tertiary/aromatic N) is 1. The number of nitro benzene ring substituents is 1. The molecular formula is C15H24N2O3. The van der Waals surface area contributed by atoms with Gasteiger partial charge in [0.05, 0.1) is 11.0 Å². The van der Waals surface area contributed by atoms with Gasteiger partial charge in [0.15, 0.2) is 5.75 Å². The third-order valence-corrected chi connectivity index (χ3v) is 2.96. The fourth-order valence-corrected chi connectivity index (χ4v) is 1.92. The van der Waals surface area contributed by atoms with Crippen LogP contribution < -0.4 is 10.1 Å². The highest BCUT2D eigenvalue weighted by Gasteiger charge is 2.17. The van der Waals surface area contributed by atoms with Gasteiger partial charge >= 0.3 is 5.69 Å². The van der Waals surface area contributed by atoms with Crippen molar-refractivity contribution in [2.45, 2.75) is 59.2 Å². The second kappa shape index (κ2) is 7.85. The van der Waals surface area contributed by atoms with Crippen LogP contribution in [0.15, 0.2) is 18.2 Å². The van der Waals surface area contributed by atoms with Crippen molar-refractivity contribution in [3.8, 4) is 5.75 Å². The van der Waals surface area contributed by atoms with Crippen LogP contribution in [0.2, 0.25) is 0 Å². The van der Waals surface area contributed by atoms with Crippen molar-refractivity contribution < 1.29 is 9.66 Å². The van der Waals surface area contributed by atoms with Crippen LogP contribution >= 0.6 is 0 Å². The average Bonchev–Trinajstić information content (AvgIpc) is 2.36. The lowest BCUT2D eigenvalue weighted by Crippen LogP contribution is -2.22. The molecule has 5 nitrogen and oxygen atoms in total. The molecule has 20 heavy (non-hydrogen) atoms. The molecule has 0 amide bonds. The molecule has 0 aliphatic carbocycles. The molecule has 0 heterocycles. The molecule has 1 unspecified atom stereocenters. The molecule has 1 rings (SSSR count). The SMILES string of the molecule is CCCC(C)Oc1cc(CNC(C)C)ccc1[N+](=O)[O-]. The standard InChI is InChI=1S/C15H24N2O3/c1-5-6-12(4)20-15-9-13(10-16-11(2)3)7-8-14(15)17(18)19/h7-9,11-12,16H,5-6,10H2,1-4H3. The minimum atomic E-state index is -0.395. The first-order chi connectivity index (χ1) is 9.43. The highest BCUT2D eigenvalue weighted by Crippen LogP contribution is 2.29. The molecule has 0 aliphatic rings. The number of hydrogen-bond acceptors (Lipinski definition) is 4. The molecule has 1 aromatic rings. The number of ether oxygens (including phenoxy) is 1. The van der Waals surface area contributed by atoms with Gasteiger partial charge < -0.3 is 10.1 Å². The molecule has 0 spiro atoms. The van der Waals surface area contributed by atoms with E-state index in [9.17, 15) is 10.1 Å². The van der Waals surface area contributed by atoms with E-state index in [1.807, 2.05) is 6.92 Å². The Bertz CT molecular complexity index is 447. The summed E-state index contributed by atoms with van der Waals surface area (Å²) in [5, 5.41) is 14.3. The Labute approximate surface area is 120 Å². The zero-order valence-electron chi connectivity index (χ0n) is 12.7. The van der Waals surface area contributed by atoms with Crippen molar-refractivity contribution in [1.82, 2.24) is 5.32 Å². The van der Waals surface area contributed by atoms with Crippen LogP contribution in [0.4, 0.5) is 5.69 Å². The first-order valence-electron chi connectivity index (χ1n) is 7.11. The average molecular weight is 280 g/mol. The molecule has 0 fully saturated rings. The summed E-state index contributed by atoms with van der Waals surface area (Å²) in [6.07, 6.45) is 1.85. The smallest absolute Gasteiger partial charge is 0.310 e. The summed E-state index contributed by atoms with van der Waals surface area (Å²) in [7, 11) is 0. The summed E-state index contributed by atoms with van der Waals surface area (Å²) in [5.41, 5.74) is 1.02. The quantitative estimate of drug-likeness (QED) is 0.583. The van der Waals surface area contributed by atoms with Gasteiger partial charge in [-0.3, -0.25) is 10.1 Å². The molecule has 112 valence electrons. The van der Waals surface area contributed by atoms with Gasteiger partial charge in [0, 0.05) is 18.7 Å². The lowest BCUT2D eigenvalue weighted by atomic mass is 10.1. The summed E-state index contributed by atoms with van der Waals surface area (Å²) in [6, 6.07) is 5.42. The van der Waals surface area contributed by atoms with Crippen LogP contribution in [0.25, 0.3) is 0 Å². The lowest BCUT2D eigenvalue weighted by Gasteiger charge is -2.15. The Morgan fingerprint density at radius 2 is 2.05 bits per heavy atom. The Morgan fingerprint density at radius 1 is 1.35 bits per heavy atom. The summed E-state index contributed by atoms with van der Waals surface area (Å²) in [6.45, 7) is 8.80. The summed E-state index contributed by atoms with van der Waals surface area (Å²) < 4.78 is 5.73. The number of rotatable bonds is 8. The van der Waals surface area contributed by atoms with Crippen LogP contribution in [0.1, 0.15) is 46.1 Å². The number of hydrogen-bond donors (Lipinski definition) is 1. The van der Waals surface area contributed by atoms with Gasteiger partial charge in [-0.15, -0.1) is 0 Å². The minimum Gasteiger partial charge on any atom is -0.484 e. The fraction of sp³-hybridized carbons (Fsp3) is 0.600. The predicted molar refractivity (Wildman–Crippen MR) is 80.1 cm³/mol. The van der Waals surface area contributed by atoms with Crippen molar-refractivity contribution in [3.05, 3.63) is 33.9 Å². The predicted octanol–water partition coefficient (Wildman–Crippen LogP) is 3.66.